The summed E-state index contributed by atoms with van der Waals surface area (Å²) in [4.78, 5) is 10.8. The first-order valence-corrected chi connectivity index (χ1v) is 5.82. The van der Waals surface area contributed by atoms with Gasteiger partial charge in [-0.1, -0.05) is 56.9 Å². The van der Waals surface area contributed by atoms with E-state index in [4.69, 9.17) is 5.11 Å². The molecule has 2 nitrogen and oxygen atoms in total. The summed E-state index contributed by atoms with van der Waals surface area (Å²) in [5.74, 6) is -0.546. The molecule has 0 atom stereocenters. The molecular weight excluding hydrogens is 224 g/mol. The lowest BCUT2D eigenvalue weighted by Gasteiger charge is -2.08. The Morgan fingerprint density at radius 1 is 1.22 bits per heavy atom. The van der Waals surface area contributed by atoms with Crippen LogP contribution in [0.1, 0.15) is 29.8 Å². The van der Waals surface area contributed by atoms with Crippen LogP contribution in [0.15, 0.2) is 55.1 Å². The monoisotopic (exact) mass is 242 g/mol. The minimum absolute atomic E-state index is 0.282. The molecule has 0 bridgehead atoms. The van der Waals surface area contributed by atoms with Gasteiger partial charge in [-0.2, -0.15) is 0 Å². The molecule has 2 heteroatoms. The summed E-state index contributed by atoms with van der Waals surface area (Å²) in [7, 11) is 0. The summed E-state index contributed by atoms with van der Waals surface area (Å²) in [6.07, 6.45) is 3.73. The Labute approximate surface area is 108 Å². The van der Waals surface area contributed by atoms with Gasteiger partial charge in [-0.15, -0.1) is 0 Å². The summed E-state index contributed by atoms with van der Waals surface area (Å²) in [6, 6.07) is 6.75. The second kappa shape index (κ2) is 6.01. The Morgan fingerprint density at radius 3 is 2.11 bits per heavy atom. The van der Waals surface area contributed by atoms with Crippen molar-refractivity contribution in [2.24, 2.45) is 5.92 Å². The van der Waals surface area contributed by atoms with Crippen molar-refractivity contribution in [3.8, 4) is 0 Å². The Bertz CT molecular complexity index is 490. The van der Waals surface area contributed by atoms with Crippen LogP contribution in [0.3, 0.4) is 0 Å². The van der Waals surface area contributed by atoms with Crippen molar-refractivity contribution in [1.82, 2.24) is 0 Å². The molecular formula is C16H18O2. The third kappa shape index (κ3) is 3.45. The van der Waals surface area contributed by atoms with Gasteiger partial charge in [-0.05, 0) is 29.2 Å². The predicted octanol–water partition coefficient (Wildman–Crippen LogP) is 4.17. The van der Waals surface area contributed by atoms with Crippen LogP contribution in [0.5, 0.6) is 0 Å². The molecule has 0 fully saturated rings. The van der Waals surface area contributed by atoms with Crippen LogP contribution in [0.25, 0.3) is 5.57 Å². The average Bonchev–Trinajstić information content (AvgIpc) is 2.35. The van der Waals surface area contributed by atoms with Gasteiger partial charge in [-0.25, -0.2) is 4.79 Å². The molecule has 0 aromatic heterocycles. The first-order valence-electron chi connectivity index (χ1n) is 5.82. The first kappa shape index (κ1) is 14.0. The molecule has 94 valence electrons. The van der Waals surface area contributed by atoms with E-state index in [1.165, 1.54) is 0 Å². The molecule has 1 aromatic rings. The highest BCUT2D eigenvalue weighted by Gasteiger charge is 2.04. The van der Waals surface area contributed by atoms with Crippen molar-refractivity contribution < 1.29 is 9.90 Å². The number of hydrogen-bond donors (Lipinski definition) is 1. The van der Waals surface area contributed by atoms with E-state index in [9.17, 15) is 4.79 Å². The van der Waals surface area contributed by atoms with Crippen molar-refractivity contribution in [1.29, 1.82) is 0 Å². The van der Waals surface area contributed by atoms with E-state index in [2.05, 4.69) is 27.0 Å². The molecule has 0 radical (unpaired) electrons. The van der Waals surface area contributed by atoms with E-state index in [0.29, 0.717) is 5.92 Å². The molecule has 18 heavy (non-hydrogen) atoms. The summed E-state index contributed by atoms with van der Waals surface area (Å²) >= 11 is 0. The van der Waals surface area contributed by atoms with E-state index >= 15 is 0 Å². The zero-order valence-electron chi connectivity index (χ0n) is 10.8. The molecule has 0 spiro atoms. The maximum atomic E-state index is 10.8. The first-order chi connectivity index (χ1) is 8.45. The van der Waals surface area contributed by atoms with Gasteiger partial charge in [0.25, 0.3) is 0 Å². The molecule has 0 aliphatic carbocycles. The Kier molecular flexibility index (Phi) is 4.67. The third-order valence-electron chi connectivity index (χ3n) is 2.77. The van der Waals surface area contributed by atoms with Gasteiger partial charge in [0, 0.05) is 0 Å². The average molecular weight is 242 g/mol. The zero-order chi connectivity index (χ0) is 13.7. The standard InChI is InChI=1S/C16H18O2/c1-5-13(10-12(4)11(2)3)14-6-8-15(9-7-14)16(17)18/h5-11H,1,4H2,2-3H3,(H,17,18)/b13-10+. The summed E-state index contributed by atoms with van der Waals surface area (Å²) < 4.78 is 0. The number of rotatable bonds is 5. The lowest BCUT2D eigenvalue weighted by atomic mass is 9.97. The van der Waals surface area contributed by atoms with Gasteiger partial charge in [0.1, 0.15) is 0 Å². The van der Waals surface area contributed by atoms with E-state index in [0.717, 1.165) is 16.7 Å². The predicted molar refractivity (Wildman–Crippen MR) is 75.6 cm³/mol. The highest BCUT2D eigenvalue weighted by atomic mass is 16.4. The molecule has 0 amide bonds. The number of hydrogen-bond acceptors (Lipinski definition) is 1. The number of carbonyl (C=O) groups is 1. The molecule has 0 aliphatic heterocycles. The summed E-state index contributed by atoms with van der Waals surface area (Å²) in [5.41, 5.74) is 3.19. The molecule has 1 aromatic carbocycles. The van der Waals surface area contributed by atoms with E-state index < -0.39 is 5.97 Å². The quantitative estimate of drug-likeness (QED) is 0.787. The highest BCUT2D eigenvalue weighted by Crippen LogP contribution is 2.20. The van der Waals surface area contributed by atoms with Gasteiger partial charge in [0.2, 0.25) is 0 Å². The molecule has 0 aliphatic rings. The molecule has 1 N–H and O–H groups in total. The van der Waals surface area contributed by atoms with Crippen molar-refractivity contribution in [2.75, 3.05) is 0 Å². The summed E-state index contributed by atoms with van der Waals surface area (Å²) in [6.45, 7) is 11.9. The largest absolute Gasteiger partial charge is 0.478 e. The van der Waals surface area contributed by atoms with Crippen molar-refractivity contribution >= 4 is 11.5 Å². The Balaban J connectivity index is 3.06. The van der Waals surface area contributed by atoms with Crippen molar-refractivity contribution in [3.05, 3.63) is 66.3 Å². The lowest BCUT2D eigenvalue weighted by molar-refractivity contribution is 0.0697. The smallest absolute Gasteiger partial charge is 0.335 e. The zero-order valence-corrected chi connectivity index (χ0v) is 10.8. The molecule has 0 saturated heterocycles. The highest BCUT2D eigenvalue weighted by molar-refractivity contribution is 5.88. The lowest BCUT2D eigenvalue weighted by Crippen LogP contribution is -1.96. The van der Waals surface area contributed by atoms with Crippen LogP contribution in [0, 0.1) is 5.92 Å². The molecule has 1 rings (SSSR count). The maximum absolute atomic E-state index is 10.8. The minimum atomic E-state index is -0.919. The number of carboxylic acid groups (broad SMARTS) is 1. The van der Waals surface area contributed by atoms with Gasteiger partial charge < -0.3 is 5.11 Å². The molecule has 0 heterocycles. The van der Waals surface area contributed by atoms with E-state index in [1.807, 2.05) is 6.08 Å². The van der Waals surface area contributed by atoms with Gasteiger partial charge in [0.15, 0.2) is 0 Å². The molecule has 0 unspecified atom stereocenters. The fraction of sp³-hybridized carbons (Fsp3) is 0.188. The minimum Gasteiger partial charge on any atom is -0.478 e. The second-order valence-corrected chi connectivity index (χ2v) is 4.42. The van der Waals surface area contributed by atoms with Crippen molar-refractivity contribution in [2.45, 2.75) is 13.8 Å². The van der Waals surface area contributed by atoms with Crippen LogP contribution in [-0.4, -0.2) is 11.1 Å². The maximum Gasteiger partial charge on any atom is 0.335 e. The fourth-order valence-corrected chi connectivity index (χ4v) is 1.43. The SMILES string of the molecule is C=C/C(=C\C(=C)C(C)C)c1ccc(C(=O)O)cc1. The van der Waals surface area contributed by atoms with Crippen LogP contribution >= 0.6 is 0 Å². The number of benzene rings is 1. The van der Waals surface area contributed by atoms with Crippen LogP contribution < -0.4 is 0 Å². The second-order valence-electron chi connectivity index (χ2n) is 4.42. The third-order valence-corrected chi connectivity index (χ3v) is 2.77. The van der Waals surface area contributed by atoms with Gasteiger partial charge in [0.05, 0.1) is 5.56 Å². The van der Waals surface area contributed by atoms with Crippen molar-refractivity contribution in [3.63, 3.8) is 0 Å². The number of carboxylic acids is 1. The molecule has 0 saturated carbocycles. The topological polar surface area (TPSA) is 37.3 Å². The van der Waals surface area contributed by atoms with Gasteiger partial charge >= 0.3 is 5.97 Å². The Morgan fingerprint density at radius 2 is 1.72 bits per heavy atom. The van der Waals surface area contributed by atoms with Gasteiger partial charge in [-0.3, -0.25) is 0 Å². The van der Waals surface area contributed by atoms with Crippen LogP contribution in [0.2, 0.25) is 0 Å². The van der Waals surface area contributed by atoms with E-state index in [-0.39, 0.29) is 5.56 Å². The van der Waals surface area contributed by atoms with Crippen LogP contribution in [0.4, 0.5) is 0 Å². The number of aromatic carboxylic acids is 1. The van der Waals surface area contributed by atoms with E-state index in [1.54, 1.807) is 30.3 Å². The summed E-state index contributed by atoms with van der Waals surface area (Å²) in [5, 5.41) is 8.84. The number of allylic oxidation sites excluding steroid dienone is 4. The Hall–Kier alpha value is -2.09. The fourth-order valence-electron chi connectivity index (χ4n) is 1.43. The normalized spacial score (nSPS) is 11.4. The van der Waals surface area contributed by atoms with Crippen LogP contribution in [-0.2, 0) is 0 Å².